The molecule has 1 aromatic rings. The molecule has 0 spiro atoms. The van der Waals surface area contributed by atoms with E-state index in [1.54, 1.807) is 7.11 Å². The van der Waals surface area contributed by atoms with Crippen molar-refractivity contribution in [3.05, 3.63) is 29.8 Å². The van der Waals surface area contributed by atoms with Gasteiger partial charge in [0.25, 0.3) is 0 Å². The molecular formula is C13H18N2O2. The Labute approximate surface area is 101 Å². The fourth-order valence-corrected chi connectivity index (χ4v) is 2.47. The summed E-state index contributed by atoms with van der Waals surface area (Å²) in [6.45, 7) is 3.54. The Morgan fingerprint density at radius 2 is 2.18 bits per heavy atom. The standard InChI is InChI=1S/C13H18N2O2/c1-8(14-9(2)16)12-10-6-4-5-7-11(10)15-13(12)17-3/h4-8,12-13,15H,1-3H3,(H,14,16). The number of carbonyl (C=O) groups is 1. The van der Waals surface area contributed by atoms with Crippen LogP contribution in [-0.4, -0.2) is 25.3 Å². The van der Waals surface area contributed by atoms with Gasteiger partial charge in [0.05, 0.1) is 5.92 Å². The van der Waals surface area contributed by atoms with Crippen molar-refractivity contribution in [3.8, 4) is 0 Å². The van der Waals surface area contributed by atoms with Crippen LogP contribution in [0.4, 0.5) is 5.69 Å². The predicted octanol–water partition coefficient (Wildman–Crippen LogP) is 1.69. The van der Waals surface area contributed by atoms with Crippen LogP contribution in [-0.2, 0) is 9.53 Å². The van der Waals surface area contributed by atoms with E-state index in [1.165, 1.54) is 12.5 Å². The van der Waals surface area contributed by atoms with Crippen LogP contribution >= 0.6 is 0 Å². The zero-order valence-corrected chi connectivity index (χ0v) is 10.4. The summed E-state index contributed by atoms with van der Waals surface area (Å²) in [4.78, 5) is 11.1. The molecule has 0 saturated heterocycles. The number of para-hydroxylation sites is 1. The van der Waals surface area contributed by atoms with Gasteiger partial charge in [-0.25, -0.2) is 0 Å². The van der Waals surface area contributed by atoms with Crippen molar-refractivity contribution in [2.75, 3.05) is 12.4 Å². The molecule has 0 fully saturated rings. The minimum atomic E-state index is -0.0887. The Kier molecular flexibility index (Phi) is 3.33. The summed E-state index contributed by atoms with van der Waals surface area (Å²) in [7, 11) is 1.68. The van der Waals surface area contributed by atoms with E-state index in [4.69, 9.17) is 4.74 Å². The molecule has 92 valence electrons. The van der Waals surface area contributed by atoms with Crippen molar-refractivity contribution in [2.24, 2.45) is 0 Å². The maximum absolute atomic E-state index is 11.1. The van der Waals surface area contributed by atoms with Crippen LogP contribution in [0.3, 0.4) is 0 Å². The van der Waals surface area contributed by atoms with Crippen molar-refractivity contribution in [1.82, 2.24) is 5.32 Å². The lowest BCUT2D eigenvalue weighted by molar-refractivity contribution is -0.119. The first kappa shape index (κ1) is 11.9. The molecule has 1 aliphatic rings. The molecular weight excluding hydrogens is 216 g/mol. The first-order valence-electron chi connectivity index (χ1n) is 5.79. The molecule has 1 amide bonds. The van der Waals surface area contributed by atoms with Gasteiger partial charge in [0.2, 0.25) is 5.91 Å². The molecule has 2 N–H and O–H groups in total. The largest absolute Gasteiger partial charge is 0.361 e. The van der Waals surface area contributed by atoms with E-state index >= 15 is 0 Å². The summed E-state index contributed by atoms with van der Waals surface area (Å²) < 4.78 is 5.45. The number of benzene rings is 1. The number of amides is 1. The van der Waals surface area contributed by atoms with Crippen molar-refractivity contribution in [1.29, 1.82) is 0 Å². The highest BCUT2D eigenvalue weighted by Crippen LogP contribution is 2.38. The number of methoxy groups -OCH3 is 1. The predicted molar refractivity (Wildman–Crippen MR) is 66.9 cm³/mol. The fourth-order valence-electron chi connectivity index (χ4n) is 2.47. The highest BCUT2D eigenvalue weighted by atomic mass is 16.5. The van der Waals surface area contributed by atoms with Crippen LogP contribution < -0.4 is 10.6 Å². The van der Waals surface area contributed by atoms with Gasteiger partial charge in [-0.3, -0.25) is 4.79 Å². The third-order valence-electron chi connectivity index (χ3n) is 3.17. The Balaban J connectivity index is 2.27. The first-order valence-corrected chi connectivity index (χ1v) is 5.79. The summed E-state index contributed by atoms with van der Waals surface area (Å²) >= 11 is 0. The molecule has 3 unspecified atom stereocenters. The number of ether oxygens (including phenoxy) is 1. The number of nitrogens with one attached hydrogen (secondary N) is 2. The van der Waals surface area contributed by atoms with E-state index in [2.05, 4.69) is 16.7 Å². The van der Waals surface area contributed by atoms with Crippen LogP contribution in [0.2, 0.25) is 0 Å². The number of anilines is 1. The van der Waals surface area contributed by atoms with Crippen LogP contribution in [0.25, 0.3) is 0 Å². The number of hydrogen-bond acceptors (Lipinski definition) is 3. The Morgan fingerprint density at radius 3 is 2.82 bits per heavy atom. The molecule has 1 aromatic carbocycles. The van der Waals surface area contributed by atoms with Crippen LogP contribution in [0.1, 0.15) is 25.3 Å². The molecule has 0 bridgehead atoms. The van der Waals surface area contributed by atoms with Gasteiger partial charge in [-0.05, 0) is 18.6 Å². The maximum atomic E-state index is 11.1. The zero-order chi connectivity index (χ0) is 12.4. The van der Waals surface area contributed by atoms with E-state index in [9.17, 15) is 4.79 Å². The Bertz CT molecular complexity index is 420. The summed E-state index contributed by atoms with van der Waals surface area (Å²) in [5.74, 6) is 0.122. The van der Waals surface area contributed by atoms with Crippen LogP contribution in [0, 0.1) is 0 Å². The minimum absolute atomic E-state index is 0.0169. The minimum Gasteiger partial charge on any atom is -0.361 e. The van der Waals surface area contributed by atoms with Crippen molar-refractivity contribution < 1.29 is 9.53 Å². The molecule has 1 aliphatic heterocycles. The monoisotopic (exact) mass is 234 g/mol. The lowest BCUT2D eigenvalue weighted by Crippen LogP contribution is -2.40. The molecule has 4 heteroatoms. The van der Waals surface area contributed by atoms with E-state index < -0.39 is 0 Å². The fraction of sp³-hybridized carbons (Fsp3) is 0.462. The first-order chi connectivity index (χ1) is 8.13. The van der Waals surface area contributed by atoms with E-state index in [0.717, 1.165) is 5.69 Å². The van der Waals surface area contributed by atoms with Gasteiger partial charge in [-0.15, -0.1) is 0 Å². The maximum Gasteiger partial charge on any atom is 0.217 e. The zero-order valence-electron chi connectivity index (χ0n) is 10.4. The van der Waals surface area contributed by atoms with E-state index in [1.807, 2.05) is 25.1 Å². The van der Waals surface area contributed by atoms with E-state index in [-0.39, 0.29) is 24.1 Å². The third kappa shape index (κ3) is 2.26. The van der Waals surface area contributed by atoms with Gasteiger partial charge in [0.1, 0.15) is 6.23 Å². The summed E-state index contributed by atoms with van der Waals surface area (Å²) in [5.41, 5.74) is 2.28. The summed E-state index contributed by atoms with van der Waals surface area (Å²) in [6.07, 6.45) is -0.0887. The summed E-state index contributed by atoms with van der Waals surface area (Å²) in [6, 6.07) is 8.14. The third-order valence-corrected chi connectivity index (χ3v) is 3.17. The molecule has 0 aliphatic carbocycles. The van der Waals surface area contributed by atoms with Crippen molar-refractivity contribution in [3.63, 3.8) is 0 Å². The smallest absolute Gasteiger partial charge is 0.217 e. The highest BCUT2D eigenvalue weighted by Gasteiger charge is 2.36. The lowest BCUT2D eigenvalue weighted by atomic mass is 9.93. The van der Waals surface area contributed by atoms with E-state index in [0.29, 0.717) is 0 Å². The SMILES string of the molecule is COC1Nc2ccccc2C1C(C)NC(C)=O. The molecule has 17 heavy (non-hydrogen) atoms. The molecule has 0 aromatic heterocycles. The van der Waals surface area contributed by atoms with Gasteiger partial charge in [-0.2, -0.15) is 0 Å². The number of rotatable bonds is 3. The quantitative estimate of drug-likeness (QED) is 0.836. The van der Waals surface area contributed by atoms with Gasteiger partial charge >= 0.3 is 0 Å². The second-order valence-corrected chi connectivity index (χ2v) is 4.40. The number of carbonyl (C=O) groups excluding carboxylic acids is 1. The highest BCUT2D eigenvalue weighted by molar-refractivity contribution is 5.73. The Morgan fingerprint density at radius 1 is 1.47 bits per heavy atom. The van der Waals surface area contributed by atoms with Gasteiger partial charge in [-0.1, -0.05) is 18.2 Å². The average Bonchev–Trinajstić information content (AvgIpc) is 2.66. The normalized spacial score (nSPS) is 23.7. The van der Waals surface area contributed by atoms with Crippen molar-refractivity contribution >= 4 is 11.6 Å². The van der Waals surface area contributed by atoms with Gasteiger partial charge in [0.15, 0.2) is 0 Å². The average molecular weight is 234 g/mol. The lowest BCUT2D eigenvalue weighted by Gasteiger charge is -2.25. The van der Waals surface area contributed by atoms with Crippen molar-refractivity contribution in [2.45, 2.75) is 32.0 Å². The second-order valence-electron chi connectivity index (χ2n) is 4.40. The second kappa shape index (κ2) is 4.75. The van der Waals surface area contributed by atoms with Crippen LogP contribution in [0.15, 0.2) is 24.3 Å². The Hall–Kier alpha value is -1.55. The summed E-state index contributed by atoms with van der Waals surface area (Å²) in [5, 5.41) is 6.25. The molecule has 0 radical (unpaired) electrons. The topological polar surface area (TPSA) is 50.4 Å². The van der Waals surface area contributed by atoms with Crippen LogP contribution in [0.5, 0.6) is 0 Å². The van der Waals surface area contributed by atoms with Gasteiger partial charge in [0, 0.05) is 25.8 Å². The molecule has 1 heterocycles. The molecule has 4 nitrogen and oxygen atoms in total. The van der Waals surface area contributed by atoms with Gasteiger partial charge < -0.3 is 15.4 Å². The molecule has 0 saturated carbocycles. The molecule has 3 atom stereocenters. The molecule has 2 rings (SSSR count). The number of hydrogen-bond donors (Lipinski definition) is 2. The number of fused-ring (bicyclic) bond motifs is 1.